The first kappa shape index (κ1) is 24.2. The minimum Gasteiger partial charge on any atom is -0.494 e. The molecule has 1 saturated heterocycles. The summed E-state index contributed by atoms with van der Waals surface area (Å²) in [7, 11) is 1.80. The van der Waals surface area contributed by atoms with Gasteiger partial charge in [-0.15, -0.1) is 0 Å². The number of hydrogen-bond donors (Lipinski definition) is 0. The summed E-state index contributed by atoms with van der Waals surface area (Å²) in [5.41, 5.74) is 4.04. The largest absolute Gasteiger partial charge is 0.494 e. The van der Waals surface area contributed by atoms with Crippen molar-refractivity contribution in [2.24, 2.45) is 0 Å². The number of amides is 1. The summed E-state index contributed by atoms with van der Waals surface area (Å²) in [6.45, 7) is 3.07. The number of rotatable bonds is 6. The van der Waals surface area contributed by atoms with Crippen LogP contribution in [-0.2, 0) is 11.3 Å². The highest BCUT2D eigenvalue weighted by molar-refractivity contribution is 9.10. The van der Waals surface area contributed by atoms with Gasteiger partial charge >= 0.3 is 0 Å². The third-order valence-corrected chi connectivity index (χ3v) is 7.05. The number of aromatic nitrogens is 1. The van der Waals surface area contributed by atoms with Crippen molar-refractivity contribution in [1.82, 2.24) is 9.47 Å². The molecule has 0 spiro atoms. The maximum Gasteiger partial charge on any atom is 0.281 e. The fraction of sp³-hybridized carbons (Fsp3) is 0.143. The molecule has 3 aromatic carbocycles. The molecule has 0 saturated carbocycles. The van der Waals surface area contributed by atoms with E-state index in [9.17, 15) is 9.18 Å². The second kappa shape index (κ2) is 9.87. The summed E-state index contributed by atoms with van der Waals surface area (Å²) in [5.74, 6) is 0.282. The predicted molar refractivity (Wildman–Crippen MR) is 149 cm³/mol. The van der Waals surface area contributed by atoms with Crippen LogP contribution in [-0.4, -0.2) is 34.1 Å². The van der Waals surface area contributed by atoms with E-state index in [1.807, 2.05) is 61.7 Å². The Labute approximate surface area is 222 Å². The fourth-order valence-corrected chi connectivity index (χ4v) is 4.97. The first-order valence-corrected chi connectivity index (χ1v) is 12.7. The van der Waals surface area contributed by atoms with E-state index in [0.29, 0.717) is 29.6 Å². The van der Waals surface area contributed by atoms with Crippen LogP contribution in [0.2, 0.25) is 0 Å². The zero-order chi connectivity index (χ0) is 25.4. The Hall–Kier alpha value is -3.49. The number of thiocarbonyl (C=S) groups is 1. The minimum absolute atomic E-state index is 0.193. The third kappa shape index (κ3) is 4.54. The van der Waals surface area contributed by atoms with Crippen molar-refractivity contribution in [3.8, 4) is 5.75 Å². The SMILES string of the molecule is CCOc1ccc(N2C(=O)/C(=C/c3cn(Cc4ccc(F)cc4)c4ccc(Br)cc34)N(C)C2=S)cc1. The van der Waals surface area contributed by atoms with Gasteiger partial charge in [-0.1, -0.05) is 28.1 Å². The number of likely N-dealkylation sites (N-methyl/N-ethyl adjacent to an activating group) is 1. The molecule has 5 rings (SSSR count). The van der Waals surface area contributed by atoms with Crippen molar-refractivity contribution in [2.75, 3.05) is 18.6 Å². The van der Waals surface area contributed by atoms with Gasteiger partial charge in [-0.05, 0) is 85.4 Å². The van der Waals surface area contributed by atoms with Gasteiger partial charge in [-0.2, -0.15) is 0 Å². The van der Waals surface area contributed by atoms with E-state index < -0.39 is 0 Å². The van der Waals surface area contributed by atoms with E-state index in [2.05, 4.69) is 20.5 Å². The third-order valence-electron chi connectivity index (χ3n) is 6.10. The van der Waals surface area contributed by atoms with Gasteiger partial charge in [0.05, 0.1) is 12.3 Å². The number of ether oxygens (including phenoxy) is 1. The van der Waals surface area contributed by atoms with Crippen LogP contribution >= 0.6 is 28.1 Å². The van der Waals surface area contributed by atoms with Crippen LogP contribution in [0, 0.1) is 5.82 Å². The van der Waals surface area contributed by atoms with Gasteiger partial charge in [0.2, 0.25) is 0 Å². The van der Waals surface area contributed by atoms with E-state index >= 15 is 0 Å². The molecular weight excluding hydrogens is 541 g/mol. The summed E-state index contributed by atoms with van der Waals surface area (Å²) in [5, 5.41) is 1.40. The van der Waals surface area contributed by atoms with Crippen LogP contribution in [0.3, 0.4) is 0 Å². The number of hydrogen-bond acceptors (Lipinski definition) is 3. The van der Waals surface area contributed by atoms with Gasteiger partial charge < -0.3 is 14.2 Å². The van der Waals surface area contributed by atoms with Crippen molar-refractivity contribution >= 4 is 61.8 Å². The molecule has 36 heavy (non-hydrogen) atoms. The van der Waals surface area contributed by atoms with E-state index in [1.165, 1.54) is 17.0 Å². The Morgan fingerprint density at radius 3 is 2.47 bits per heavy atom. The van der Waals surface area contributed by atoms with Crippen LogP contribution in [0.1, 0.15) is 18.1 Å². The zero-order valence-electron chi connectivity index (χ0n) is 19.7. The number of nitrogens with zero attached hydrogens (tertiary/aromatic N) is 3. The summed E-state index contributed by atoms with van der Waals surface area (Å²) >= 11 is 9.20. The summed E-state index contributed by atoms with van der Waals surface area (Å²) in [6, 6.07) is 19.8. The maximum atomic E-state index is 13.5. The Morgan fingerprint density at radius 1 is 1.06 bits per heavy atom. The van der Waals surface area contributed by atoms with Crippen LogP contribution in [0.5, 0.6) is 5.75 Å². The number of carbonyl (C=O) groups excluding carboxylic acids is 1. The fourth-order valence-electron chi connectivity index (χ4n) is 4.32. The number of fused-ring (bicyclic) bond motifs is 1. The molecule has 5 nitrogen and oxygen atoms in total. The highest BCUT2D eigenvalue weighted by Crippen LogP contribution is 2.32. The number of carbonyl (C=O) groups is 1. The Bertz CT molecular complexity index is 1500. The molecule has 0 unspecified atom stereocenters. The standard InChI is InChI=1S/C28H23BrFN3O2S/c1-3-35-23-11-9-22(10-12-23)33-27(34)26(31(2)28(33)36)14-19-17-32(16-18-4-7-21(30)8-5-18)25-13-6-20(29)15-24(19)25/h4-15,17H,3,16H2,1-2H3/b26-14-. The smallest absolute Gasteiger partial charge is 0.281 e. The van der Waals surface area contributed by atoms with Crippen LogP contribution in [0.15, 0.2) is 83.1 Å². The molecule has 0 N–H and O–H groups in total. The summed E-state index contributed by atoms with van der Waals surface area (Å²) in [4.78, 5) is 16.8. The van der Waals surface area contributed by atoms with Crippen molar-refractivity contribution in [3.05, 3.63) is 100 Å². The molecule has 1 aliphatic rings. The molecule has 8 heteroatoms. The highest BCUT2D eigenvalue weighted by atomic mass is 79.9. The molecule has 0 bridgehead atoms. The quantitative estimate of drug-likeness (QED) is 0.196. The van der Waals surface area contributed by atoms with Gasteiger partial charge in [0.1, 0.15) is 17.3 Å². The van der Waals surface area contributed by atoms with Crippen molar-refractivity contribution in [2.45, 2.75) is 13.5 Å². The molecule has 182 valence electrons. The van der Waals surface area contributed by atoms with Crippen molar-refractivity contribution in [1.29, 1.82) is 0 Å². The molecule has 1 aromatic heterocycles. The molecule has 1 aliphatic heterocycles. The van der Waals surface area contributed by atoms with E-state index in [1.54, 1.807) is 24.1 Å². The number of benzene rings is 3. The monoisotopic (exact) mass is 563 g/mol. The van der Waals surface area contributed by atoms with Gasteiger partial charge in [0.25, 0.3) is 5.91 Å². The van der Waals surface area contributed by atoms with E-state index in [0.717, 1.165) is 32.3 Å². The molecule has 0 radical (unpaired) electrons. The lowest BCUT2D eigenvalue weighted by Gasteiger charge is -2.16. The predicted octanol–water partition coefficient (Wildman–Crippen LogP) is 6.59. The van der Waals surface area contributed by atoms with Gasteiger partial charge in [0.15, 0.2) is 5.11 Å². The normalized spacial score (nSPS) is 14.9. The molecule has 0 aliphatic carbocycles. The van der Waals surface area contributed by atoms with Gasteiger partial charge in [0, 0.05) is 40.7 Å². The maximum absolute atomic E-state index is 13.5. The average molecular weight is 564 g/mol. The topological polar surface area (TPSA) is 37.7 Å². The highest BCUT2D eigenvalue weighted by Gasteiger charge is 2.37. The molecule has 4 aromatic rings. The zero-order valence-corrected chi connectivity index (χ0v) is 22.1. The number of halogens is 2. The second-order valence-electron chi connectivity index (χ2n) is 8.44. The molecule has 1 amide bonds. The Morgan fingerprint density at radius 2 is 1.78 bits per heavy atom. The minimum atomic E-state index is -0.263. The number of anilines is 1. The first-order valence-electron chi connectivity index (χ1n) is 11.4. The Kier molecular flexibility index (Phi) is 6.64. The Balaban J connectivity index is 1.53. The lowest BCUT2D eigenvalue weighted by molar-refractivity contribution is -0.114. The molecule has 1 fully saturated rings. The van der Waals surface area contributed by atoms with E-state index in [-0.39, 0.29) is 11.7 Å². The second-order valence-corrected chi connectivity index (χ2v) is 9.72. The van der Waals surface area contributed by atoms with Crippen LogP contribution in [0.25, 0.3) is 17.0 Å². The van der Waals surface area contributed by atoms with Crippen LogP contribution < -0.4 is 9.64 Å². The molecule has 0 atom stereocenters. The van der Waals surface area contributed by atoms with Crippen molar-refractivity contribution < 1.29 is 13.9 Å². The lowest BCUT2D eigenvalue weighted by Crippen LogP contribution is -2.31. The van der Waals surface area contributed by atoms with Crippen LogP contribution in [0.4, 0.5) is 10.1 Å². The first-order chi connectivity index (χ1) is 17.4. The van der Waals surface area contributed by atoms with Gasteiger partial charge in [-0.25, -0.2) is 4.39 Å². The average Bonchev–Trinajstić information content (AvgIpc) is 3.30. The molecular formula is C28H23BrFN3O2S. The summed E-state index contributed by atoms with van der Waals surface area (Å²) < 4.78 is 21.9. The lowest BCUT2D eigenvalue weighted by atomic mass is 10.1. The van der Waals surface area contributed by atoms with E-state index in [4.69, 9.17) is 17.0 Å². The summed E-state index contributed by atoms with van der Waals surface area (Å²) in [6.07, 6.45) is 3.89. The van der Waals surface area contributed by atoms with Gasteiger partial charge in [-0.3, -0.25) is 9.69 Å². The van der Waals surface area contributed by atoms with Crippen molar-refractivity contribution in [3.63, 3.8) is 0 Å². The molecule has 2 heterocycles.